The summed E-state index contributed by atoms with van der Waals surface area (Å²) >= 11 is 7.48. The van der Waals surface area contributed by atoms with Crippen LogP contribution in [-0.2, 0) is 6.54 Å². The topological polar surface area (TPSA) is 38.9 Å². The normalized spacial score (nSPS) is 10.5. The van der Waals surface area contributed by atoms with Crippen LogP contribution >= 0.6 is 23.4 Å². The average Bonchev–Trinajstić information content (AvgIpc) is 2.34. The van der Waals surface area contributed by atoms with Gasteiger partial charge in [-0.3, -0.25) is 0 Å². The number of hydrogen-bond donors (Lipinski definition) is 1. The van der Waals surface area contributed by atoms with E-state index in [-0.39, 0.29) is 0 Å². The molecule has 0 amide bonds. The van der Waals surface area contributed by atoms with Crippen molar-refractivity contribution >= 4 is 23.4 Å². The number of rotatable bonds is 3. The lowest BCUT2D eigenvalue weighted by Crippen LogP contribution is -1.98. The van der Waals surface area contributed by atoms with E-state index in [9.17, 15) is 0 Å². The second-order valence-electron chi connectivity index (χ2n) is 3.73. The zero-order valence-corrected chi connectivity index (χ0v) is 11.1. The Balaban J connectivity index is 2.21. The van der Waals surface area contributed by atoms with E-state index in [2.05, 4.69) is 11.1 Å². The lowest BCUT2D eigenvalue weighted by Gasteiger charge is -2.06. The van der Waals surface area contributed by atoms with Crippen LogP contribution in [0.15, 0.2) is 46.5 Å². The highest BCUT2D eigenvalue weighted by atomic mass is 35.5. The quantitative estimate of drug-likeness (QED) is 0.920. The van der Waals surface area contributed by atoms with Gasteiger partial charge in [0.15, 0.2) is 0 Å². The first kappa shape index (κ1) is 12.4. The number of halogens is 1. The van der Waals surface area contributed by atoms with Gasteiger partial charge in [0.05, 0.1) is 0 Å². The highest BCUT2D eigenvalue weighted by Gasteiger charge is 2.03. The number of pyridine rings is 1. The molecule has 0 saturated heterocycles. The van der Waals surface area contributed by atoms with Crippen LogP contribution in [0.3, 0.4) is 0 Å². The molecule has 0 aliphatic heterocycles. The van der Waals surface area contributed by atoms with Gasteiger partial charge < -0.3 is 5.73 Å². The van der Waals surface area contributed by atoms with Crippen molar-refractivity contribution in [2.24, 2.45) is 5.73 Å². The molecule has 0 aliphatic carbocycles. The minimum absolute atomic E-state index is 0.528. The van der Waals surface area contributed by atoms with E-state index in [1.165, 1.54) is 0 Å². The highest BCUT2D eigenvalue weighted by molar-refractivity contribution is 7.99. The van der Waals surface area contributed by atoms with Crippen molar-refractivity contribution in [1.29, 1.82) is 0 Å². The molecule has 2 N–H and O–H groups in total. The standard InChI is InChI=1S/C13H13ClN2S/c1-9-6-10(7-15)8-16-13(9)17-12-4-2-11(14)3-5-12/h2-6,8H,7,15H2,1H3. The highest BCUT2D eigenvalue weighted by Crippen LogP contribution is 2.29. The Morgan fingerprint density at radius 3 is 2.59 bits per heavy atom. The molecule has 1 aromatic heterocycles. The molecular formula is C13H13ClN2S. The van der Waals surface area contributed by atoms with Crippen LogP contribution in [0.4, 0.5) is 0 Å². The fraction of sp³-hybridized carbons (Fsp3) is 0.154. The van der Waals surface area contributed by atoms with Gasteiger partial charge in [-0.2, -0.15) is 0 Å². The van der Waals surface area contributed by atoms with Crippen LogP contribution in [0.1, 0.15) is 11.1 Å². The summed E-state index contributed by atoms with van der Waals surface area (Å²) in [6.07, 6.45) is 1.82. The Kier molecular flexibility index (Phi) is 4.05. The van der Waals surface area contributed by atoms with E-state index in [4.69, 9.17) is 17.3 Å². The fourth-order valence-electron chi connectivity index (χ4n) is 1.45. The number of nitrogens with two attached hydrogens (primary N) is 1. The van der Waals surface area contributed by atoms with Crippen molar-refractivity contribution in [3.8, 4) is 0 Å². The molecule has 0 fully saturated rings. The average molecular weight is 265 g/mol. The maximum atomic E-state index is 5.85. The number of benzene rings is 1. The number of hydrogen-bond acceptors (Lipinski definition) is 3. The molecular weight excluding hydrogens is 252 g/mol. The molecule has 17 heavy (non-hydrogen) atoms. The Hall–Kier alpha value is -1.03. The summed E-state index contributed by atoms with van der Waals surface area (Å²) < 4.78 is 0. The summed E-state index contributed by atoms with van der Waals surface area (Å²) in [5.74, 6) is 0. The molecule has 2 nitrogen and oxygen atoms in total. The van der Waals surface area contributed by atoms with Gasteiger partial charge in [0.25, 0.3) is 0 Å². The molecule has 1 heterocycles. The van der Waals surface area contributed by atoms with Gasteiger partial charge in [-0.05, 0) is 42.3 Å². The van der Waals surface area contributed by atoms with E-state index >= 15 is 0 Å². The fourth-order valence-corrected chi connectivity index (χ4v) is 2.40. The van der Waals surface area contributed by atoms with E-state index in [1.54, 1.807) is 11.8 Å². The summed E-state index contributed by atoms with van der Waals surface area (Å²) in [6.45, 7) is 2.57. The lowest BCUT2D eigenvalue weighted by molar-refractivity contribution is 0.988. The molecule has 0 atom stereocenters. The molecule has 88 valence electrons. The van der Waals surface area contributed by atoms with Crippen molar-refractivity contribution < 1.29 is 0 Å². The Morgan fingerprint density at radius 2 is 2.00 bits per heavy atom. The van der Waals surface area contributed by atoms with Crippen LogP contribution in [0, 0.1) is 6.92 Å². The zero-order valence-electron chi connectivity index (χ0n) is 9.48. The molecule has 4 heteroatoms. The van der Waals surface area contributed by atoms with E-state index in [0.717, 1.165) is 26.1 Å². The molecule has 0 unspecified atom stereocenters. The summed E-state index contributed by atoms with van der Waals surface area (Å²) in [7, 11) is 0. The van der Waals surface area contributed by atoms with Gasteiger partial charge in [0, 0.05) is 22.7 Å². The lowest BCUT2D eigenvalue weighted by atomic mass is 10.2. The monoisotopic (exact) mass is 264 g/mol. The molecule has 0 aliphatic rings. The number of nitrogens with zero attached hydrogens (tertiary/aromatic N) is 1. The zero-order chi connectivity index (χ0) is 12.3. The van der Waals surface area contributed by atoms with Crippen molar-refractivity contribution in [3.05, 3.63) is 52.7 Å². The van der Waals surface area contributed by atoms with E-state index in [1.807, 2.05) is 37.4 Å². The van der Waals surface area contributed by atoms with Crippen molar-refractivity contribution in [2.45, 2.75) is 23.4 Å². The molecule has 0 spiro atoms. The maximum Gasteiger partial charge on any atom is 0.104 e. The Labute approximate surface area is 110 Å². The van der Waals surface area contributed by atoms with Gasteiger partial charge in [0.2, 0.25) is 0 Å². The third-order valence-electron chi connectivity index (χ3n) is 2.35. The largest absolute Gasteiger partial charge is 0.326 e. The Morgan fingerprint density at radius 1 is 1.29 bits per heavy atom. The van der Waals surface area contributed by atoms with Crippen LogP contribution in [-0.4, -0.2) is 4.98 Å². The van der Waals surface area contributed by atoms with Crippen LogP contribution < -0.4 is 5.73 Å². The van der Waals surface area contributed by atoms with Crippen molar-refractivity contribution in [3.63, 3.8) is 0 Å². The molecule has 0 radical (unpaired) electrons. The molecule has 0 bridgehead atoms. The van der Waals surface area contributed by atoms with Crippen LogP contribution in [0.5, 0.6) is 0 Å². The summed E-state index contributed by atoms with van der Waals surface area (Å²) in [5.41, 5.74) is 7.78. The van der Waals surface area contributed by atoms with Gasteiger partial charge in [-0.1, -0.05) is 29.4 Å². The number of aromatic nitrogens is 1. The van der Waals surface area contributed by atoms with Gasteiger partial charge >= 0.3 is 0 Å². The van der Waals surface area contributed by atoms with E-state index < -0.39 is 0 Å². The Bertz CT molecular complexity index is 511. The SMILES string of the molecule is Cc1cc(CN)cnc1Sc1ccc(Cl)cc1. The van der Waals surface area contributed by atoms with E-state index in [0.29, 0.717) is 6.54 Å². The molecule has 0 saturated carbocycles. The summed E-state index contributed by atoms with van der Waals surface area (Å²) in [6, 6.07) is 9.82. The minimum atomic E-state index is 0.528. The smallest absolute Gasteiger partial charge is 0.104 e. The third kappa shape index (κ3) is 3.22. The predicted molar refractivity (Wildman–Crippen MR) is 72.4 cm³/mol. The van der Waals surface area contributed by atoms with Gasteiger partial charge in [-0.25, -0.2) is 4.98 Å². The van der Waals surface area contributed by atoms with Crippen molar-refractivity contribution in [2.75, 3.05) is 0 Å². The maximum absolute atomic E-state index is 5.85. The second kappa shape index (κ2) is 5.54. The first-order valence-electron chi connectivity index (χ1n) is 5.28. The number of aryl methyl sites for hydroxylation is 1. The second-order valence-corrected chi connectivity index (χ2v) is 5.22. The summed E-state index contributed by atoms with van der Waals surface area (Å²) in [4.78, 5) is 5.55. The van der Waals surface area contributed by atoms with Gasteiger partial charge in [0.1, 0.15) is 5.03 Å². The molecule has 2 rings (SSSR count). The van der Waals surface area contributed by atoms with Crippen LogP contribution in [0.2, 0.25) is 5.02 Å². The van der Waals surface area contributed by atoms with Gasteiger partial charge in [-0.15, -0.1) is 0 Å². The molecule has 1 aromatic carbocycles. The first-order valence-corrected chi connectivity index (χ1v) is 6.47. The van der Waals surface area contributed by atoms with Crippen LogP contribution in [0.25, 0.3) is 0 Å². The molecule has 2 aromatic rings. The van der Waals surface area contributed by atoms with Crippen molar-refractivity contribution in [1.82, 2.24) is 4.98 Å². The third-order valence-corrected chi connectivity index (χ3v) is 3.73. The first-order chi connectivity index (χ1) is 8.19. The predicted octanol–water partition coefficient (Wildman–Crippen LogP) is 3.65. The summed E-state index contributed by atoms with van der Waals surface area (Å²) in [5, 5.41) is 1.75. The minimum Gasteiger partial charge on any atom is -0.326 e.